The number of phenolic OH excluding ortho intramolecular Hbond substituents is 1. The van der Waals surface area contributed by atoms with E-state index in [1.54, 1.807) is 0 Å². The Labute approximate surface area is 83.3 Å². The summed E-state index contributed by atoms with van der Waals surface area (Å²) in [5.41, 5.74) is 3.08. The number of phenols is 1. The normalized spacial score (nSPS) is 11.5. The lowest BCUT2D eigenvalue weighted by Crippen LogP contribution is -2.10. The lowest BCUT2D eigenvalue weighted by molar-refractivity contribution is -0.138. The standard InChI is InChI=1S/C9H8F3NO2/c1-4(14)5-2-6(13)8(7(15)3-5)9(10,11)12/h2-3,15H,13H2,1H3. The minimum atomic E-state index is -4.73. The van der Waals surface area contributed by atoms with Crippen LogP contribution < -0.4 is 5.73 Å². The summed E-state index contributed by atoms with van der Waals surface area (Å²) in [5, 5.41) is 9.10. The average Bonchev–Trinajstić information content (AvgIpc) is 1.99. The molecule has 6 heteroatoms. The number of alkyl halides is 3. The summed E-state index contributed by atoms with van der Waals surface area (Å²) in [6.07, 6.45) is -4.73. The first-order chi connectivity index (χ1) is 6.73. The van der Waals surface area contributed by atoms with Gasteiger partial charge in [-0.15, -0.1) is 0 Å². The molecule has 1 aromatic rings. The molecule has 0 aliphatic heterocycles. The number of nitrogens with two attached hydrogens (primary N) is 1. The van der Waals surface area contributed by atoms with E-state index in [4.69, 9.17) is 10.8 Å². The number of nitrogen functional groups attached to an aromatic ring is 1. The van der Waals surface area contributed by atoms with Crippen molar-refractivity contribution in [2.24, 2.45) is 0 Å². The highest BCUT2D eigenvalue weighted by molar-refractivity contribution is 5.95. The number of hydrogen-bond acceptors (Lipinski definition) is 3. The maximum absolute atomic E-state index is 12.3. The van der Waals surface area contributed by atoms with E-state index in [1.165, 1.54) is 6.92 Å². The van der Waals surface area contributed by atoms with Crippen molar-refractivity contribution in [3.8, 4) is 5.75 Å². The first kappa shape index (κ1) is 11.4. The second-order valence-electron chi connectivity index (χ2n) is 3.01. The van der Waals surface area contributed by atoms with Gasteiger partial charge in [0, 0.05) is 11.3 Å². The average molecular weight is 219 g/mol. The van der Waals surface area contributed by atoms with Gasteiger partial charge in [0.2, 0.25) is 0 Å². The zero-order chi connectivity index (χ0) is 11.8. The SMILES string of the molecule is CC(=O)c1cc(N)c(C(F)(F)F)c(O)c1. The van der Waals surface area contributed by atoms with E-state index in [0.717, 1.165) is 12.1 Å². The van der Waals surface area contributed by atoms with Gasteiger partial charge in [-0.2, -0.15) is 13.2 Å². The molecule has 0 saturated carbocycles. The number of anilines is 1. The van der Waals surface area contributed by atoms with E-state index >= 15 is 0 Å². The van der Waals surface area contributed by atoms with Crippen molar-refractivity contribution in [2.45, 2.75) is 13.1 Å². The minimum absolute atomic E-state index is 0.0574. The van der Waals surface area contributed by atoms with E-state index in [9.17, 15) is 18.0 Å². The number of ketones is 1. The topological polar surface area (TPSA) is 63.3 Å². The Morgan fingerprint density at radius 2 is 1.93 bits per heavy atom. The van der Waals surface area contributed by atoms with Crippen LogP contribution in [0.1, 0.15) is 22.8 Å². The summed E-state index contributed by atoms with van der Waals surface area (Å²) in [6, 6.07) is 1.65. The molecule has 1 rings (SSSR count). The van der Waals surface area contributed by atoms with E-state index in [0.29, 0.717) is 0 Å². The van der Waals surface area contributed by atoms with Crippen LogP contribution in [0.15, 0.2) is 12.1 Å². The zero-order valence-corrected chi connectivity index (χ0v) is 7.72. The zero-order valence-electron chi connectivity index (χ0n) is 7.72. The molecule has 82 valence electrons. The van der Waals surface area contributed by atoms with E-state index in [-0.39, 0.29) is 5.56 Å². The second kappa shape index (κ2) is 3.45. The predicted octanol–water partition coefficient (Wildman–Crippen LogP) is 2.20. The number of hydrogen-bond donors (Lipinski definition) is 2. The third-order valence-electron chi connectivity index (χ3n) is 1.84. The molecule has 3 nitrogen and oxygen atoms in total. The molecular weight excluding hydrogens is 211 g/mol. The molecule has 0 atom stereocenters. The molecule has 0 amide bonds. The molecule has 0 radical (unpaired) electrons. The van der Waals surface area contributed by atoms with Crippen molar-refractivity contribution in [2.75, 3.05) is 5.73 Å². The highest BCUT2D eigenvalue weighted by Crippen LogP contribution is 2.40. The van der Waals surface area contributed by atoms with E-state index in [1.807, 2.05) is 0 Å². The first-order valence-electron chi connectivity index (χ1n) is 3.94. The van der Waals surface area contributed by atoms with Crippen LogP contribution >= 0.6 is 0 Å². The Hall–Kier alpha value is -1.72. The molecule has 0 aliphatic rings. The van der Waals surface area contributed by atoms with Crippen LogP contribution in [0.3, 0.4) is 0 Å². The van der Waals surface area contributed by atoms with Crippen LogP contribution in [0.4, 0.5) is 18.9 Å². The fraction of sp³-hybridized carbons (Fsp3) is 0.222. The molecule has 1 aromatic carbocycles. The number of halogens is 3. The third-order valence-corrected chi connectivity index (χ3v) is 1.84. The van der Waals surface area contributed by atoms with Gasteiger partial charge in [0.25, 0.3) is 0 Å². The van der Waals surface area contributed by atoms with Crippen molar-refractivity contribution in [1.29, 1.82) is 0 Å². The van der Waals surface area contributed by atoms with Gasteiger partial charge in [0.05, 0.1) is 0 Å². The maximum atomic E-state index is 12.3. The summed E-state index contributed by atoms with van der Waals surface area (Å²) in [6.45, 7) is 1.17. The highest BCUT2D eigenvalue weighted by atomic mass is 19.4. The van der Waals surface area contributed by atoms with Crippen molar-refractivity contribution in [3.63, 3.8) is 0 Å². The van der Waals surface area contributed by atoms with Crippen molar-refractivity contribution in [1.82, 2.24) is 0 Å². The number of benzene rings is 1. The molecule has 0 fully saturated rings. The van der Waals surface area contributed by atoms with Crippen LogP contribution in [0.2, 0.25) is 0 Å². The molecule has 15 heavy (non-hydrogen) atoms. The van der Waals surface area contributed by atoms with Gasteiger partial charge in [-0.1, -0.05) is 0 Å². The molecule has 3 N–H and O–H groups in total. The Morgan fingerprint density at radius 3 is 2.27 bits per heavy atom. The fourth-order valence-corrected chi connectivity index (χ4v) is 1.16. The van der Waals surface area contributed by atoms with Crippen molar-refractivity contribution in [3.05, 3.63) is 23.3 Å². The van der Waals surface area contributed by atoms with Crippen LogP contribution in [0.25, 0.3) is 0 Å². The monoisotopic (exact) mass is 219 g/mol. The Kier molecular flexibility index (Phi) is 2.61. The second-order valence-corrected chi connectivity index (χ2v) is 3.01. The number of aromatic hydroxyl groups is 1. The molecule has 0 bridgehead atoms. The number of rotatable bonds is 1. The molecule has 0 unspecified atom stereocenters. The maximum Gasteiger partial charge on any atom is 0.421 e. The Morgan fingerprint density at radius 1 is 1.40 bits per heavy atom. The van der Waals surface area contributed by atoms with Gasteiger partial charge in [0.1, 0.15) is 11.3 Å². The van der Waals surface area contributed by atoms with Gasteiger partial charge in [0.15, 0.2) is 5.78 Å². The van der Waals surface area contributed by atoms with Crippen LogP contribution in [0, 0.1) is 0 Å². The Balaban J connectivity index is 3.41. The quantitative estimate of drug-likeness (QED) is 0.562. The summed E-state index contributed by atoms with van der Waals surface area (Å²) < 4.78 is 37.0. The lowest BCUT2D eigenvalue weighted by Gasteiger charge is -2.12. The molecule has 0 spiro atoms. The van der Waals surface area contributed by atoms with Crippen molar-refractivity contribution < 1.29 is 23.1 Å². The summed E-state index contributed by atoms with van der Waals surface area (Å²) in [4.78, 5) is 10.9. The van der Waals surface area contributed by atoms with Crippen LogP contribution in [-0.4, -0.2) is 10.9 Å². The summed E-state index contributed by atoms with van der Waals surface area (Å²) in [7, 11) is 0. The Bertz CT molecular complexity index is 389. The van der Waals surface area contributed by atoms with Crippen LogP contribution in [-0.2, 0) is 6.18 Å². The van der Waals surface area contributed by atoms with Gasteiger partial charge >= 0.3 is 6.18 Å². The van der Waals surface area contributed by atoms with E-state index < -0.39 is 29.0 Å². The molecule has 0 aromatic heterocycles. The van der Waals surface area contributed by atoms with E-state index in [2.05, 4.69) is 0 Å². The van der Waals surface area contributed by atoms with Crippen molar-refractivity contribution >= 4 is 11.5 Å². The van der Waals surface area contributed by atoms with Gasteiger partial charge in [-0.3, -0.25) is 4.79 Å². The third kappa shape index (κ3) is 2.20. The summed E-state index contributed by atoms with van der Waals surface area (Å²) >= 11 is 0. The highest BCUT2D eigenvalue weighted by Gasteiger charge is 2.36. The lowest BCUT2D eigenvalue weighted by atomic mass is 10.1. The molecule has 0 aliphatic carbocycles. The fourth-order valence-electron chi connectivity index (χ4n) is 1.16. The molecule has 0 saturated heterocycles. The van der Waals surface area contributed by atoms with Gasteiger partial charge in [-0.05, 0) is 19.1 Å². The predicted molar refractivity (Wildman–Crippen MR) is 47.5 cm³/mol. The molecular formula is C9H8F3NO2. The van der Waals surface area contributed by atoms with Crippen LogP contribution in [0.5, 0.6) is 5.75 Å². The first-order valence-corrected chi connectivity index (χ1v) is 3.94. The number of Topliss-reactive ketones (excluding diaryl/α,β-unsaturated/α-hetero) is 1. The summed E-state index contributed by atoms with van der Waals surface area (Å²) in [5.74, 6) is -1.50. The van der Waals surface area contributed by atoms with Gasteiger partial charge in [-0.25, -0.2) is 0 Å². The molecule has 0 heterocycles. The minimum Gasteiger partial charge on any atom is -0.507 e. The largest absolute Gasteiger partial charge is 0.507 e. The van der Waals surface area contributed by atoms with Gasteiger partial charge < -0.3 is 10.8 Å². The number of carbonyl (C=O) groups is 1. The smallest absolute Gasteiger partial charge is 0.421 e. The number of carbonyl (C=O) groups excluding carboxylic acids is 1.